The Kier molecular flexibility index (Phi) is 5.83. The molecule has 4 nitrogen and oxygen atoms in total. The van der Waals surface area contributed by atoms with E-state index < -0.39 is 17.3 Å². The fourth-order valence-corrected chi connectivity index (χ4v) is 1.18. The van der Waals surface area contributed by atoms with Crippen molar-refractivity contribution < 1.29 is 14.7 Å². The minimum absolute atomic E-state index is 0.149. The molecule has 0 aliphatic carbocycles. The van der Waals surface area contributed by atoms with Crippen LogP contribution < -0.4 is 5.32 Å². The number of carbonyl (C=O) groups is 2. The molecule has 0 amide bonds. The maximum Gasteiger partial charge on any atom is 0.305 e. The fraction of sp³-hybridized carbons (Fsp3) is 0.800. The molecule has 0 fully saturated rings. The number of aliphatic carboxylic acids is 1. The highest BCUT2D eigenvalue weighted by Crippen LogP contribution is 2.17. The number of carboxylic acids is 1. The van der Waals surface area contributed by atoms with E-state index >= 15 is 0 Å². The fourth-order valence-electron chi connectivity index (χ4n) is 1.03. The van der Waals surface area contributed by atoms with Crippen LogP contribution in [0.2, 0.25) is 0 Å². The van der Waals surface area contributed by atoms with E-state index in [9.17, 15) is 9.59 Å². The topological polar surface area (TPSA) is 66.4 Å². The van der Waals surface area contributed by atoms with Gasteiger partial charge in [-0.2, -0.15) is 0 Å². The summed E-state index contributed by atoms with van der Waals surface area (Å²) in [5, 5.41) is 10.7. The highest BCUT2D eigenvalue weighted by molar-refractivity contribution is 6.64. The number of carboxylic acid groups (broad SMARTS) is 1. The van der Waals surface area contributed by atoms with Gasteiger partial charge in [0.2, 0.25) is 5.24 Å². The highest BCUT2D eigenvalue weighted by atomic mass is 35.5. The molecule has 0 aromatic heterocycles. The van der Waals surface area contributed by atoms with Gasteiger partial charge in [0.1, 0.15) is 0 Å². The molecule has 0 rings (SSSR count). The average molecular weight is 236 g/mol. The zero-order chi connectivity index (χ0) is 12.1. The van der Waals surface area contributed by atoms with E-state index in [1.165, 1.54) is 0 Å². The van der Waals surface area contributed by atoms with Crippen LogP contribution >= 0.6 is 11.6 Å². The molecule has 0 saturated carbocycles. The molecule has 0 aromatic rings. The lowest BCUT2D eigenvalue weighted by Crippen LogP contribution is -2.37. The molecule has 0 bridgehead atoms. The number of halogens is 1. The van der Waals surface area contributed by atoms with Gasteiger partial charge in [-0.1, -0.05) is 20.8 Å². The Morgan fingerprint density at radius 2 is 1.93 bits per heavy atom. The van der Waals surface area contributed by atoms with E-state index in [1.807, 2.05) is 0 Å². The van der Waals surface area contributed by atoms with Crippen LogP contribution in [0.1, 0.15) is 33.6 Å². The highest BCUT2D eigenvalue weighted by Gasteiger charge is 2.20. The van der Waals surface area contributed by atoms with Crippen LogP contribution in [0, 0.1) is 5.41 Å². The Morgan fingerprint density at radius 1 is 1.40 bits per heavy atom. The Hall–Kier alpha value is -0.610. The number of nitrogens with one attached hydrogen (secondary N) is 1. The minimum atomic E-state index is -1.03. The van der Waals surface area contributed by atoms with E-state index in [0.29, 0.717) is 6.54 Å². The summed E-state index contributed by atoms with van der Waals surface area (Å²) in [5.74, 6) is -1.03. The van der Waals surface area contributed by atoms with E-state index in [1.54, 1.807) is 0 Å². The van der Waals surface area contributed by atoms with Gasteiger partial charge >= 0.3 is 5.97 Å². The Bertz CT molecular complexity index is 235. The van der Waals surface area contributed by atoms with Crippen LogP contribution in [0.15, 0.2) is 0 Å². The van der Waals surface area contributed by atoms with Gasteiger partial charge in [0.05, 0.1) is 12.5 Å². The van der Waals surface area contributed by atoms with Crippen molar-refractivity contribution >= 4 is 22.8 Å². The van der Waals surface area contributed by atoms with Crippen molar-refractivity contribution in [3.05, 3.63) is 0 Å². The Labute approximate surface area is 95.0 Å². The van der Waals surface area contributed by atoms with Crippen molar-refractivity contribution in [1.29, 1.82) is 0 Å². The van der Waals surface area contributed by atoms with Crippen molar-refractivity contribution in [2.75, 3.05) is 6.54 Å². The molecule has 0 saturated heterocycles. The third-order valence-corrected chi connectivity index (χ3v) is 2.18. The molecule has 2 N–H and O–H groups in total. The van der Waals surface area contributed by atoms with Crippen molar-refractivity contribution in [2.45, 2.75) is 39.7 Å². The molecule has 0 radical (unpaired) electrons. The summed E-state index contributed by atoms with van der Waals surface area (Å²) in [6, 6.07) is -0.786. The summed E-state index contributed by atoms with van der Waals surface area (Å²) < 4.78 is 0. The van der Waals surface area contributed by atoms with Crippen LogP contribution in [-0.2, 0) is 9.59 Å². The molecule has 1 atom stereocenters. The predicted molar refractivity (Wildman–Crippen MR) is 59.0 cm³/mol. The first-order chi connectivity index (χ1) is 6.72. The van der Waals surface area contributed by atoms with Gasteiger partial charge in [0, 0.05) is 0 Å². The Balaban J connectivity index is 3.98. The van der Waals surface area contributed by atoms with E-state index in [-0.39, 0.29) is 11.8 Å². The second-order valence-corrected chi connectivity index (χ2v) is 5.09. The molecule has 15 heavy (non-hydrogen) atoms. The smallest absolute Gasteiger partial charge is 0.305 e. The monoisotopic (exact) mass is 235 g/mol. The minimum Gasteiger partial charge on any atom is -0.481 e. The lowest BCUT2D eigenvalue weighted by molar-refractivity contribution is -0.138. The number of carbonyl (C=O) groups excluding carboxylic acids is 1. The number of rotatable bonds is 6. The summed E-state index contributed by atoms with van der Waals surface area (Å²) in [5.41, 5.74) is 0.149. The van der Waals surface area contributed by atoms with Gasteiger partial charge in [-0.3, -0.25) is 9.59 Å². The summed E-state index contributed by atoms with van der Waals surface area (Å²) in [7, 11) is 0. The van der Waals surface area contributed by atoms with E-state index in [0.717, 1.165) is 6.42 Å². The normalized spacial score (nSPS) is 13.6. The SMILES string of the molecule is CC(C)(C)CCN[C@@H](CC(=O)O)C(=O)Cl. The van der Waals surface area contributed by atoms with Crippen LogP contribution in [0.4, 0.5) is 0 Å². The molecular formula is C10H18ClNO3. The third-order valence-electron chi connectivity index (χ3n) is 1.92. The summed E-state index contributed by atoms with van der Waals surface area (Å²) in [4.78, 5) is 21.3. The van der Waals surface area contributed by atoms with Crippen LogP contribution in [-0.4, -0.2) is 28.9 Å². The zero-order valence-electron chi connectivity index (χ0n) is 9.34. The largest absolute Gasteiger partial charge is 0.481 e. The molecule has 0 unspecified atom stereocenters. The zero-order valence-corrected chi connectivity index (χ0v) is 10.1. The van der Waals surface area contributed by atoms with Crippen molar-refractivity contribution in [3.8, 4) is 0 Å². The first kappa shape index (κ1) is 14.4. The molecule has 5 heteroatoms. The van der Waals surface area contributed by atoms with Gasteiger partial charge in [-0.15, -0.1) is 0 Å². The number of hydrogen-bond acceptors (Lipinski definition) is 3. The summed E-state index contributed by atoms with van der Waals surface area (Å²) >= 11 is 5.27. The van der Waals surface area contributed by atoms with Gasteiger partial charge in [-0.05, 0) is 30.0 Å². The van der Waals surface area contributed by atoms with Gasteiger partial charge in [0.15, 0.2) is 0 Å². The maximum atomic E-state index is 10.9. The molecule has 0 aliphatic heterocycles. The molecule has 0 heterocycles. The molecule has 0 aliphatic rings. The number of hydrogen-bond donors (Lipinski definition) is 2. The van der Waals surface area contributed by atoms with Crippen molar-refractivity contribution in [2.24, 2.45) is 5.41 Å². The third kappa shape index (κ3) is 8.39. The standard InChI is InChI=1S/C10H18ClNO3/c1-10(2,3)4-5-12-7(9(11)15)6-8(13)14/h7,12H,4-6H2,1-3H3,(H,13,14)/t7-/m0/s1. The predicted octanol–water partition coefficient (Wildman–Crippen LogP) is 1.62. The van der Waals surface area contributed by atoms with Gasteiger partial charge < -0.3 is 10.4 Å². The summed E-state index contributed by atoms with van der Waals surface area (Å²) in [6.45, 7) is 6.80. The lowest BCUT2D eigenvalue weighted by atomic mass is 9.92. The Morgan fingerprint density at radius 3 is 2.27 bits per heavy atom. The average Bonchev–Trinajstić information content (AvgIpc) is 1.99. The summed E-state index contributed by atoms with van der Waals surface area (Å²) in [6.07, 6.45) is 0.583. The second kappa shape index (κ2) is 6.08. The molecular weight excluding hydrogens is 218 g/mol. The van der Waals surface area contributed by atoms with Crippen LogP contribution in [0.25, 0.3) is 0 Å². The van der Waals surface area contributed by atoms with E-state index in [4.69, 9.17) is 16.7 Å². The molecule has 0 spiro atoms. The van der Waals surface area contributed by atoms with Gasteiger partial charge in [0.25, 0.3) is 0 Å². The van der Waals surface area contributed by atoms with Crippen molar-refractivity contribution in [3.63, 3.8) is 0 Å². The molecule has 88 valence electrons. The van der Waals surface area contributed by atoms with Gasteiger partial charge in [-0.25, -0.2) is 0 Å². The molecule has 0 aromatic carbocycles. The maximum absolute atomic E-state index is 10.9. The quantitative estimate of drug-likeness (QED) is 0.687. The second-order valence-electron chi connectivity index (χ2n) is 4.72. The van der Waals surface area contributed by atoms with Crippen LogP contribution in [0.3, 0.4) is 0 Å². The van der Waals surface area contributed by atoms with Crippen LogP contribution in [0.5, 0.6) is 0 Å². The first-order valence-corrected chi connectivity index (χ1v) is 5.25. The first-order valence-electron chi connectivity index (χ1n) is 4.87. The van der Waals surface area contributed by atoms with Crippen molar-refractivity contribution in [1.82, 2.24) is 5.32 Å². The van der Waals surface area contributed by atoms with E-state index in [2.05, 4.69) is 26.1 Å². The lowest BCUT2D eigenvalue weighted by Gasteiger charge is -2.20.